The van der Waals surface area contributed by atoms with E-state index in [1.165, 1.54) is 0 Å². The number of hydrogen-bond acceptors (Lipinski definition) is 7. The van der Waals surface area contributed by atoms with Crippen LogP contribution in [-0.4, -0.2) is 29.7 Å². The van der Waals surface area contributed by atoms with E-state index < -0.39 is 46.5 Å². The summed E-state index contributed by atoms with van der Waals surface area (Å²) in [5.41, 5.74) is -1.11. The number of carbonyl (C=O) groups is 5. The van der Waals surface area contributed by atoms with Gasteiger partial charge in [-0.3, -0.25) is 24.0 Å². The maximum Gasteiger partial charge on any atom is 0.317 e. The maximum atomic E-state index is 14.0. The Hall–Kier alpha value is -2.05. The van der Waals surface area contributed by atoms with E-state index in [-0.39, 0.29) is 41.3 Å². The molecule has 2 spiro atoms. The molecule has 7 fully saturated rings. The molecule has 7 nitrogen and oxygen atoms in total. The van der Waals surface area contributed by atoms with E-state index in [0.29, 0.717) is 12.8 Å². The van der Waals surface area contributed by atoms with Crippen molar-refractivity contribution in [2.24, 2.45) is 58.2 Å². The first-order valence-electron chi connectivity index (χ1n) is 10.4. The van der Waals surface area contributed by atoms with E-state index in [1.54, 1.807) is 0 Å². The third-order valence-corrected chi connectivity index (χ3v) is 9.85. The van der Waals surface area contributed by atoms with Gasteiger partial charge < -0.3 is 9.47 Å². The number of ketones is 1. The van der Waals surface area contributed by atoms with E-state index >= 15 is 0 Å². The van der Waals surface area contributed by atoms with Crippen molar-refractivity contribution in [1.82, 2.24) is 0 Å². The SMILES string of the molecule is O=C1OC(=O)[C@@H]2C3CC(C12)C1(CC[C@]2(CC4C[C@H]2[C@@H]2C(=O)OC(=O)C42)C1=O)C3. The van der Waals surface area contributed by atoms with E-state index in [9.17, 15) is 24.0 Å². The fourth-order valence-electron chi connectivity index (χ4n) is 9.16. The lowest BCUT2D eigenvalue weighted by Gasteiger charge is -2.41. The second-order valence-electron chi connectivity index (χ2n) is 10.3. The summed E-state index contributed by atoms with van der Waals surface area (Å²) in [6, 6.07) is 0. The molecule has 0 aromatic rings. The molecular weight excluding hydrogens is 364 g/mol. The van der Waals surface area contributed by atoms with Gasteiger partial charge >= 0.3 is 23.9 Å². The Morgan fingerprint density at radius 2 is 1.00 bits per heavy atom. The molecule has 0 aromatic heterocycles. The average molecular weight is 384 g/mol. The standard InChI is InChI=1S/C21H20O7/c22-15-11-7-3-9(13(11)17(24)27-15)20(5-7)1-2-21(19(20)26)6-8-4-10(21)14-12(8)16(23)28-18(14)25/h7-14H,1-6H2/t7?,8?,9-,10?,11?,12+,13-,14?,20+,21?/m0/s1. The minimum Gasteiger partial charge on any atom is -0.393 e. The third-order valence-electron chi connectivity index (χ3n) is 9.85. The number of fused-ring (bicyclic) bond motifs is 12. The monoisotopic (exact) mass is 384 g/mol. The largest absolute Gasteiger partial charge is 0.393 e. The number of rotatable bonds is 0. The molecule has 2 aliphatic heterocycles. The Balaban J connectivity index is 1.27. The van der Waals surface area contributed by atoms with Gasteiger partial charge in [0.1, 0.15) is 5.78 Å². The summed E-state index contributed by atoms with van der Waals surface area (Å²) in [5.74, 6) is -3.28. The zero-order valence-electron chi connectivity index (χ0n) is 15.2. The summed E-state index contributed by atoms with van der Waals surface area (Å²) in [7, 11) is 0. The molecule has 0 aromatic carbocycles. The summed E-state index contributed by atoms with van der Waals surface area (Å²) >= 11 is 0. The highest BCUT2D eigenvalue weighted by molar-refractivity contribution is 6.02. The highest BCUT2D eigenvalue weighted by Gasteiger charge is 2.78. The molecule has 5 aliphatic carbocycles. The number of ether oxygens (including phenoxy) is 2. The van der Waals surface area contributed by atoms with Gasteiger partial charge in [-0.1, -0.05) is 0 Å². The van der Waals surface area contributed by atoms with Crippen LogP contribution in [0.5, 0.6) is 0 Å². The summed E-state index contributed by atoms with van der Waals surface area (Å²) in [6.07, 6.45) is 4.27. The minimum absolute atomic E-state index is 0.0532. The van der Waals surface area contributed by atoms with Crippen molar-refractivity contribution in [2.45, 2.75) is 38.5 Å². The van der Waals surface area contributed by atoms with Crippen LogP contribution in [0.3, 0.4) is 0 Å². The predicted octanol–water partition coefficient (Wildman–Crippen LogP) is 1.03. The summed E-state index contributed by atoms with van der Waals surface area (Å²) < 4.78 is 9.82. The molecular formula is C21H20O7. The summed E-state index contributed by atoms with van der Waals surface area (Å²) in [6.45, 7) is 0. The molecule has 2 heterocycles. The Bertz CT molecular complexity index is 850. The Morgan fingerprint density at radius 1 is 0.607 bits per heavy atom. The van der Waals surface area contributed by atoms with Gasteiger partial charge in [0.05, 0.1) is 23.7 Å². The number of Topliss-reactive ketones (excluding diaryl/α,β-unsaturated/α-hetero) is 1. The Labute approximate surface area is 160 Å². The van der Waals surface area contributed by atoms with Crippen LogP contribution >= 0.6 is 0 Å². The van der Waals surface area contributed by atoms with Crippen molar-refractivity contribution in [1.29, 1.82) is 0 Å². The van der Waals surface area contributed by atoms with E-state index in [2.05, 4.69) is 0 Å². The minimum atomic E-state index is -0.554. The van der Waals surface area contributed by atoms with Crippen LogP contribution in [0, 0.1) is 58.2 Å². The van der Waals surface area contributed by atoms with Crippen LogP contribution in [0.1, 0.15) is 38.5 Å². The molecule has 6 unspecified atom stereocenters. The third kappa shape index (κ3) is 1.40. The zero-order valence-corrected chi connectivity index (χ0v) is 15.2. The summed E-state index contributed by atoms with van der Waals surface area (Å²) in [4.78, 5) is 62.8. The maximum absolute atomic E-state index is 14.0. The van der Waals surface area contributed by atoms with E-state index in [4.69, 9.17) is 9.47 Å². The molecule has 7 rings (SSSR count). The van der Waals surface area contributed by atoms with Crippen molar-refractivity contribution < 1.29 is 33.4 Å². The lowest BCUT2D eigenvalue weighted by atomic mass is 9.58. The second-order valence-corrected chi connectivity index (χ2v) is 10.3. The quantitative estimate of drug-likeness (QED) is 0.454. The fourth-order valence-corrected chi connectivity index (χ4v) is 9.16. The normalized spacial score (nSPS) is 57.6. The second kappa shape index (κ2) is 4.41. The van der Waals surface area contributed by atoms with Gasteiger partial charge in [0, 0.05) is 10.8 Å². The highest BCUT2D eigenvalue weighted by atomic mass is 16.6. The van der Waals surface area contributed by atoms with Crippen molar-refractivity contribution in [2.75, 3.05) is 0 Å². The fraction of sp³-hybridized carbons (Fsp3) is 0.762. The van der Waals surface area contributed by atoms with Gasteiger partial charge in [-0.05, 0) is 62.2 Å². The van der Waals surface area contributed by atoms with Gasteiger partial charge in [0.2, 0.25) is 0 Å². The topological polar surface area (TPSA) is 104 Å². The first kappa shape index (κ1) is 15.8. The molecule has 0 radical (unpaired) electrons. The van der Waals surface area contributed by atoms with Crippen molar-refractivity contribution in [3.05, 3.63) is 0 Å². The number of hydrogen-bond donors (Lipinski definition) is 0. The van der Waals surface area contributed by atoms with Crippen LogP contribution < -0.4 is 0 Å². The van der Waals surface area contributed by atoms with Crippen molar-refractivity contribution in [3.8, 4) is 0 Å². The van der Waals surface area contributed by atoms with Gasteiger partial charge in [-0.15, -0.1) is 0 Å². The molecule has 2 saturated heterocycles. The molecule has 4 bridgehead atoms. The van der Waals surface area contributed by atoms with Crippen LogP contribution in [0.4, 0.5) is 0 Å². The lowest BCUT2D eigenvalue weighted by Crippen LogP contribution is -2.48. The van der Waals surface area contributed by atoms with Gasteiger partial charge in [-0.2, -0.15) is 0 Å². The van der Waals surface area contributed by atoms with Crippen molar-refractivity contribution >= 4 is 29.7 Å². The Morgan fingerprint density at radius 3 is 1.43 bits per heavy atom. The molecule has 146 valence electrons. The van der Waals surface area contributed by atoms with Gasteiger partial charge in [0.25, 0.3) is 0 Å². The molecule has 7 aliphatic rings. The average Bonchev–Trinajstić information content (AvgIpc) is 3.46. The molecule has 10 atom stereocenters. The molecule has 7 heteroatoms. The summed E-state index contributed by atoms with van der Waals surface area (Å²) in [5, 5.41) is 0. The number of cyclic esters (lactones) is 4. The van der Waals surface area contributed by atoms with Crippen molar-refractivity contribution in [3.63, 3.8) is 0 Å². The van der Waals surface area contributed by atoms with Crippen LogP contribution in [-0.2, 0) is 33.4 Å². The lowest BCUT2D eigenvalue weighted by molar-refractivity contribution is -0.156. The first-order valence-corrected chi connectivity index (χ1v) is 10.4. The molecule has 28 heavy (non-hydrogen) atoms. The van der Waals surface area contributed by atoms with E-state index in [1.807, 2.05) is 0 Å². The highest BCUT2D eigenvalue weighted by Crippen LogP contribution is 2.75. The molecule has 0 N–H and O–H groups in total. The predicted molar refractivity (Wildman–Crippen MR) is 87.7 cm³/mol. The van der Waals surface area contributed by atoms with Crippen LogP contribution in [0.25, 0.3) is 0 Å². The van der Waals surface area contributed by atoms with Gasteiger partial charge in [-0.25, -0.2) is 0 Å². The van der Waals surface area contributed by atoms with Gasteiger partial charge in [0.15, 0.2) is 0 Å². The number of carbonyl (C=O) groups excluding carboxylic acids is 5. The Kier molecular flexibility index (Phi) is 2.49. The smallest absolute Gasteiger partial charge is 0.317 e. The molecule has 0 amide bonds. The first-order chi connectivity index (χ1) is 13.4. The number of esters is 4. The van der Waals surface area contributed by atoms with Crippen LogP contribution in [0.2, 0.25) is 0 Å². The van der Waals surface area contributed by atoms with Crippen LogP contribution in [0.15, 0.2) is 0 Å². The zero-order chi connectivity index (χ0) is 19.2. The van der Waals surface area contributed by atoms with E-state index in [0.717, 1.165) is 25.7 Å². The molecule has 5 saturated carbocycles.